The second-order valence-corrected chi connectivity index (χ2v) is 20.5. The van der Waals surface area contributed by atoms with Gasteiger partial charge in [-0.05, 0) is 125 Å². The van der Waals surface area contributed by atoms with Gasteiger partial charge in [0.05, 0.1) is 82.2 Å². The predicted molar refractivity (Wildman–Crippen MR) is 294 cm³/mol. The number of benzene rings is 4. The normalized spacial score (nSPS) is 19.2. The Morgan fingerprint density at radius 2 is 0.841 bits per heavy atom. The second kappa shape index (κ2) is 26.4. The van der Waals surface area contributed by atoms with Crippen LogP contribution in [0.1, 0.15) is 86.0 Å². The smallest absolute Gasteiger partial charge is 0.416 e. The van der Waals surface area contributed by atoms with Crippen molar-refractivity contribution in [3.8, 4) is 12.1 Å². The second-order valence-electron chi connectivity index (χ2n) is 20.5. The van der Waals surface area contributed by atoms with Gasteiger partial charge in [-0.3, -0.25) is 19.6 Å². The van der Waals surface area contributed by atoms with Crippen molar-refractivity contribution in [3.05, 3.63) is 153 Å². The number of amides is 4. The van der Waals surface area contributed by atoms with Gasteiger partial charge >= 0.3 is 36.4 Å². The van der Waals surface area contributed by atoms with E-state index in [0.29, 0.717) is 48.2 Å². The van der Waals surface area contributed by atoms with Crippen molar-refractivity contribution < 1.29 is 55.0 Å². The third-order valence-corrected chi connectivity index (χ3v) is 15.5. The summed E-state index contributed by atoms with van der Waals surface area (Å²) in [4.78, 5) is 71.6. The molecule has 4 aliphatic heterocycles. The molecule has 0 aliphatic carbocycles. The number of hydrogen-bond acceptors (Lipinski definition) is 12. The molecule has 0 aromatic heterocycles. The van der Waals surface area contributed by atoms with Crippen LogP contribution < -0.4 is 9.80 Å². The zero-order valence-electron chi connectivity index (χ0n) is 46.3. The zero-order chi connectivity index (χ0) is 58.9. The molecule has 8 rings (SSSR count). The topological polar surface area (TPSA) is 160 Å². The molecule has 4 aromatic carbocycles. The van der Waals surface area contributed by atoms with Gasteiger partial charge in [0.15, 0.2) is 0 Å². The Balaban J connectivity index is 0.859. The summed E-state index contributed by atoms with van der Waals surface area (Å²) < 4.78 is 94.7. The molecule has 2 atom stereocenters. The van der Waals surface area contributed by atoms with Crippen LogP contribution in [0, 0.1) is 22.7 Å². The Kier molecular flexibility index (Phi) is 19.5. The number of alkyl halides is 6. The van der Waals surface area contributed by atoms with Crippen LogP contribution in [0.15, 0.2) is 120 Å². The molecule has 0 bridgehead atoms. The van der Waals surface area contributed by atoms with Gasteiger partial charge in [-0.15, -0.1) is 0 Å². The first kappa shape index (κ1) is 60.3. The molecule has 4 aromatic rings. The van der Waals surface area contributed by atoms with E-state index in [0.717, 1.165) is 99.5 Å². The third kappa shape index (κ3) is 13.8. The molecular formula is C60H66F6N10O6. The molecule has 0 spiro atoms. The maximum Gasteiger partial charge on any atom is 0.416 e. The Morgan fingerprint density at radius 3 is 1.15 bits per heavy atom. The highest BCUT2D eigenvalue weighted by atomic mass is 19.4. The molecule has 4 aliphatic rings. The minimum absolute atomic E-state index is 0.0224. The summed E-state index contributed by atoms with van der Waals surface area (Å²) in [5.41, 5.74) is 0.345. The number of halogens is 6. The number of urea groups is 2. The number of rotatable bonds is 19. The minimum atomic E-state index is -4.68. The summed E-state index contributed by atoms with van der Waals surface area (Å²) in [6, 6.07) is 23.0. The molecule has 82 heavy (non-hydrogen) atoms. The lowest BCUT2D eigenvalue weighted by Gasteiger charge is -2.43. The van der Waals surface area contributed by atoms with Crippen LogP contribution in [0.25, 0.3) is 0 Å². The SMILES string of the molecule is CCOC(=O)C1=C(C)N(c2cccc(C(F)(F)F)c2)C(=O)N(CCCN2CCN(CCN3CCN(CCCN4C(=O)N(c5cccc(C(F)(F)F)c5)C(C)=C(C(=O)OCC)[C@H]4c4ccc(C#N)cc4)CC3)CC2)C1c1ccc(C#N)cc1. The maximum atomic E-state index is 14.6. The summed E-state index contributed by atoms with van der Waals surface area (Å²) in [6.07, 6.45) is -8.38. The van der Waals surface area contributed by atoms with E-state index in [9.17, 15) is 56.0 Å². The summed E-state index contributed by atoms with van der Waals surface area (Å²) in [5, 5.41) is 19.0. The number of ether oxygens (including phenoxy) is 2. The number of esters is 2. The van der Waals surface area contributed by atoms with Crippen molar-refractivity contribution in [1.29, 1.82) is 10.5 Å². The number of anilines is 2. The molecule has 4 heterocycles. The summed E-state index contributed by atoms with van der Waals surface area (Å²) in [5.74, 6) is -1.42. The first-order valence-electron chi connectivity index (χ1n) is 27.5. The van der Waals surface area contributed by atoms with Crippen molar-refractivity contribution >= 4 is 35.4 Å². The fourth-order valence-corrected chi connectivity index (χ4v) is 11.2. The van der Waals surface area contributed by atoms with E-state index >= 15 is 0 Å². The van der Waals surface area contributed by atoms with Gasteiger partial charge in [0.2, 0.25) is 0 Å². The van der Waals surface area contributed by atoms with E-state index in [1.54, 1.807) is 62.4 Å². The largest absolute Gasteiger partial charge is 0.463 e. The van der Waals surface area contributed by atoms with Crippen LogP contribution in [0.2, 0.25) is 0 Å². The fraction of sp³-hybridized carbons (Fsp3) is 0.433. The first-order valence-corrected chi connectivity index (χ1v) is 27.5. The number of carbonyl (C=O) groups excluding carboxylic acids is 4. The molecule has 2 fully saturated rings. The van der Waals surface area contributed by atoms with E-state index in [4.69, 9.17) is 9.47 Å². The monoisotopic (exact) mass is 1140 g/mol. The van der Waals surface area contributed by atoms with Crippen LogP contribution in [-0.4, -0.2) is 158 Å². The molecule has 2 saturated heterocycles. The number of allylic oxidation sites excluding steroid dienone is 2. The standard InChI is InChI=1S/C60H66F6N10O6/c1-5-81-55(77)51-41(3)75(49-13-7-11-47(37-49)59(61,62)63)57(79)73(53(51)45-19-15-43(39-67)16-20-45)25-9-23-69-27-31-71(32-28-69)35-36-72-33-29-70(30-34-72)24-10-26-74-54(46-21-17-44(40-68)18-22-46)52(56(78)82-6-2)42(4)76(58(74)80)50-14-8-12-48(38-50)60(64,65)66/h7-8,11-22,37-38,53-54H,5-6,9-10,23-36H2,1-4H3/t53-,54?/m1/s1. The van der Waals surface area contributed by atoms with Crippen molar-refractivity contribution in [2.75, 3.05) is 115 Å². The molecule has 4 amide bonds. The quantitative estimate of drug-likeness (QED) is 0.0647. The molecule has 0 radical (unpaired) electrons. The highest BCUT2D eigenvalue weighted by Crippen LogP contribution is 2.44. The van der Waals surface area contributed by atoms with Crippen LogP contribution in [0.4, 0.5) is 47.3 Å². The number of piperazine rings is 2. The number of nitrogens with zero attached hydrogens (tertiary/aromatic N) is 10. The molecule has 0 saturated carbocycles. The van der Waals surface area contributed by atoms with Crippen LogP contribution >= 0.6 is 0 Å². The van der Waals surface area contributed by atoms with Crippen LogP contribution in [-0.2, 0) is 31.4 Å². The highest BCUT2D eigenvalue weighted by molar-refractivity contribution is 6.04. The van der Waals surface area contributed by atoms with Gasteiger partial charge in [0, 0.05) is 89.9 Å². The Morgan fingerprint density at radius 1 is 0.512 bits per heavy atom. The van der Waals surface area contributed by atoms with E-state index < -0.39 is 59.6 Å². The van der Waals surface area contributed by atoms with Crippen molar-refractivity contribution in [1.82, 2.24) is 29.4 Å². The van der Waals surface area contributed by atoms with Crippen molar-refractivity contribution in [2.45, 2.75) is 65.0 Å². The van der Waals surface area contributed by atoms with Gasteiger partial charge in [-0.1, -0.05) is 36.4 Å². The summed E-state index contributed by atoms with van der Waals surface area (Å²) in [6.45, 7) is 15.9. The van der Waals surface area contributed by atoms with E-state index in [1.165, 1.54) is 47.9 Å². The molecule has 434 valence electrons. The summed E-state index contributed by atoms with van der Waals surface area (Å²) in [7, 11) is 0. The van der Waals surface area contributed by atoms with Crippen LogP contribution in [0.5, 0.6) is 0 Å². The average molecular weight is 1140 g/mol. The van der Waals surface area contributed by atoms with E-state index in [1.807, 2.05) is 0 Å². The van der Waals surface area contributed by atoms with Crippen LogP contribution in [0.3, 0.4) is 0 Å². The minimum Gasteiger partial charge on any atom is -0.463 e. The Bertz CT molecular complexity index is 2900. The van der Waals surface area contributed by atoms with Gasteiger partial charge < -0.3 is 29.1 Å². The van der Waals surface area contributed by atoms with Crippen molar-refractivity contribution in [3.63, 3.8) is 0 Å². The molecule has 0 N–H and O–H groups in total. The lowest BCUT2D eigenvalue weighted by Crippen LogP contribution is -2.53. The van der Waals surface area contributed by atoms with Gasteiger partial charge in [0.1, 0.15) is 0 Å². The van der Waals surface area contributed by atoms with Gasteiger partial charge in [-0.25, -0.2) is 19.2 Å². The molecule has 16 nitrogen and oxygen atoms in total. The third-order valence-electron chi connectivity index (χ3n) is 15.5. The number of carbonyl (C=O) groups is 4. The highest BCUT2D eigenvalue weighted by Gasteiger charge is 2.45. The van der Waals surface area contributed by atoms with Gasteiger partial charge in [0.25, 0.3) is 0 Å². The fourth-order valence-electron chi connectivity index (χ4n) is 11.2. The molecular weight excluding hydrogens is 1070 g/mol. The zero-order valence-corrected chi connectivity index (χ0v) is 46.3. The molecule has 1 unspecified atom stereocenters. The number of hydrogen-bond donors (Lipinski definition) is 0. The van der Waals surface area contributed by atoms with E-state index in [2.05, 4.69) is 31.7 Å². The Labute approximate surface area is 473 Å². The van der Waals surface area contributed by atoms with Gasteiger partial charge in [-0.2, -0.15) is 36.9 Å². The average Bonchev–Trinajstić information content (AvgIpc) is 3.66. The lowest BCUT2D eigenvalue weighted by atomic mass is 9.92. The molecule has 22 heteroatoms. The van der Waals surface area contributed by atoms with E-state index in [-0.39, 0.29) is 60.2 Å². The first-order chi connectivity index (χ1) is 39.3. The number of nitriles is 2. The maximum absolute atomic E-state index is 14.6. The summed E-state index contributed by atoms with van der Waals surface area (Å²) >= 11 is 0. The predicted octanol–water partition coefficient (Wildman–Crippen LogP) is 9.82. The van der Waals surface area contributed by atoms with Crippen molar-refractivity contribution in [2.24, 2.45) is 0 Å². The lowest BCUT2D eigenvalue weighted by molar-refractivity contribution is -0.140. The Hall–Kier alpha value is -7.76.